The summed E-state index contributed by atoms with van der Waals surface area (Å²) in [6.45, 7) is 7.82. The van der Waals surface area contributed by atoms with Gasteiger partial charge in [0.05, 0.1) is 0 Å². The smallest absolute Gasteiger partial charge is 0.231 e. The van der Waals surface area contributed by atoms with Crippen LogP contribution in [0.5, 0.6) is 17.2 Å². The van der Waals surface area contributed by atoms with Gasteiger partial charge in [-0.15, -0.1) is 0 Å². The monoisotopic (exact) mass is 512 g/mol. The second-order valence-electron chi connectivity index (χ2n) is 11.2. The van der Waals surface area contributed by atoms with E-state index in [9.17, 15) is 5.11 Å². The van der Waals surface area contributed by atoms with Gasteiger partial charge in [-0.05, 0) is 104 Å². The molecule has 6 rings (SSSR count). The summed E-state index contributed by atoms with van der Waals surface area (Å²) in [5, 5.41) is 9.94. The van der Waals surface area contributed by atoms with Gasteiger partial charge in [-0.2, -0.15) is 0 Å². The molecule has 0 aromatic heterocycles. The van der Waals surface area contributed by atoms with E-state index in [-0.39, 0.29) is 6.79 Å². The molecule has 5 heteroatoms. The van der Waals surface area contributed by atoms with Crippen LogP contribution in [-0.4, -0.2) is 36.4 Å². The molecule has 1 saturated heterocycles. The summed E-state index contributed by atoms with van der Waals surface area (Å²) in [4.78, 5) is 5.09. The van der Waals surface area contributed by atoms with Crippen LogP contribution in [0.3, 0.4) is 0 Å². The quantitative estimate of drug-likeness (QED) is 0.377. The first-order chi connectivity index (χ1) is 18.7. The van der Waals surface area contributed by atoms with Crippen LogP contribution in [0.1, 0.15) is 72.8 Å². The summed E-state index contributed by atoms with van der Waals surface area (Å²) in [5.41, 5.74) is 7.95. The van der Waals surface area contributed by atoms with Crippen LogP contribution in [0.15, 0.2) is 54.6 Å². The molecule has 1 N–H and O–H groups in total. The summed E-state index contributed by atoms with van der Waals surface area (Å²) in [6, 6.07) is 19.5. The topological polar surface area (TPSA) is 45.2 Å². The lowest BCUT2D eigenvalue weighted by molar-refractivity contribution is 0.174. The Morgan fingerprint density at radius 2 is 1.61 bits per heavy atom. The highest BCUT2D eigenvalue weighted by Crippen LogP contribution is 2.45. The SMILES string of the molecule is CCN(Cc1ccc(CN2CCCCCC2)cc1)c1cc2c(cc1C1CCc3cc(O)ccc3C1)OCO2. The predicted molar refractivity (Wildman–Crippen MR) is 152 cm³/mol. The summed E-state index contributed by atoms with van der Waals surface area (Å²) in [6.07, 6.45) is 8.43. The molecule has 0 spiro atoms. The fourth-order valence-corrected chi connectivity index (χ4v) is 6.44. The van der Waals surface area contributed by atoms with Crippen molar-refractivity contribution in [1.29, 1.82) is 0 Å². The Labute approximate surface area is 227 Å². The van der Waals surface area contributed by atoms with Crippen molar-refractivity contribution >= 4 is 5.69 Å². The fourth-order valence-electron chi connectivity index (χ4n) is 6.44. The van der Waals surface area contributed by atoms with Crippen LogP contribution in [0.25, 0.3) is 0 Å². The Bertz CT molecular complexity index is 1250. The highest BCUT2D eigenvalue weighted by atomic mass is 16.7. The van der Waals surface area contributed by atoms with E-state index in [0.717, 1.165) is 50.4 Å². The van der Waals surface area contributed by atoms with Gasteiger partial charge in [0.2, 0.25) is 6.79 Å². The zero-order valence-electron chi connectivity index (χ0n) is 22.6. The number of ether oxygens (including phenoxy) is 2. The average molecular weight is 513 g/mol. The number of aromatic hydroxyl groups is 1. The van der Waals surface area contributed by atoms with Crippen molar-refractivity contribution in [2.24, 2.45) is 0 Å². The highest BCUT2D eigenvalue weighted by Gasteiger charge is 2.28. The molecule has 3 aromatic carbocycles. The van der Waals surface area contributed by atoms with Crippen molar-refractivity contribution in [2.75, 3.05) is 31.3 Å². The van der Waals surface area contributed by atoms with E-state index in [1.807, 2.05) is 12.1 Å². The molecular formula is C33H40N2O3. The van der Waals surface area contributed by atoms with Crippen molar-refractivity contribution in [3.05, 3.63) is 82.4 Å². The molecule has 200 valence electrons. The minimum Gasteiger partial charge on any atom is -0.508 e. The van der Waals surface area contributed by atoms with Crippen molar-refractivity contribution in [3.8, 4) is 17.2 Å². The molecule has 0 amide bonds. The first-order valence-corrected chi connectivity index (χ1v) is 14.5. The standard InChI is InChI=1S/C33H40N2O3/c1-2-35(22-25-9-7-24(8-10-25)21-34-15-5-3-4-6-16-34)31-20-33-32(37-23-38-33)19-30(31)28-12-11-27-18-29(36)14-13-26(27)17-28/h7-10,13-14,18-20,28,36H,2-6,11-12,15-17,21-23H2,1H3. The number of phenols is 1. The molecule has 38 heavy (non-hydrogen) atoms. The molecule has 1 unspecified atom stereocenters. The van der Waals surface area contributed by atoms with Gasteiger partial charge < -0.3 is 19.5 Å². The molecular weight excluding hydrogens is 472 g/mol. The number of hydrogen-bond acceptors (Lipinski definition) is 5. The van der Waals surface area contributed by atoms with Gasteiger partial charge in [0.25, 0.3) is 0 Å². The lowest BCUT2D eigenvalue weighted by Gasteiger charge is -2.32. The maximum Gasteiger partial charge on any atom is 0.231 e. The lowest BCUT2D eigenvalue weighted by atomic mass is 9.79. The second kappa shape index (κ2) is 11.3. The Balaban J connectivity index is 1.22. The third-order valence-corrected chi connectivity index (χ3v) is 8.60. The fraction of sp³-hybridized carbons (Fsp3) is 0.455. The maximum atomic E-state index is 9.94. The van der Waals surface area contributed by atoms with E-state index in [1.54, 1.807) is 0 Å². The zero-order valence-corrected chi connectivity index (χ0v) is 22.6. The summed E-state index contributed by atoms with van der Waals surface area (Å²) in [7, 11) is 0. The molecule has 3 aromatic rings. The van der Waals surface area contributed by atoms with E-state index in [2.05, 4.69) is 59.2 Å². The number of aryl methyl sites for hydroxylation is 1. The molecule has 2 aliphatic heterocycles. The molecule has 1 atom stereocenters. The normalized spacial score (nSPS) is 19.1. The van der Waals surface area contributed by atoms with Gasteiger partial charge in [-0.25, -0.2) is 0 Å². The van der Waals surface area contributed by atoms with Crippen molar-refractivity contribution < 1.29 is 14.6 Å². The highest BCUT2D eigenvalue weighted by molar-refractivity contribution is 5.64. The van der Waals surface area contributed by atoms with E-state index < -0.39 is 0 Å². The van der Waals surface area contributed by atoms with Crippen LogP contribution < -0.4 is 14.4 Å². The maximum absolute atomic E-state index is 9.94. The van der Waals surface area contributed by atoms with Crippen LogP contribution in [0.4, 0.5) is 5.69 Å². The third-order valence-electron chi connectivity index (χ3n) is 8.60. The number of rotatable bonds is 7. The lowest BCUT2D eigenvalue weighted by Crippen LogP contribution is -2.25. The van der Waals surface area contributed by atoms with Crippen molar-refractivity contribution in [3.63, 3.8) is 0 Å². The van der Waals surface area contributed by atoms with Crippen LogP contribution in [0.2, 0.25) is 0 Å². The Kier molecular flexibility index (Phi) is 7.46. The van der Waals surface area contributed by atoms with E-state index >= 15 is 0 Å². The van der Waals surface area contributed by atoms with Gasteiger partial charge in [-0.3, -0.25) is 4.90 Å². The van der Waals surface area contributed by atoms with Gasteiger partial charge in [0.15, 0.2) is 11.5 Å². The molecule has 0 radical (unpaired) electrons. The van der Waals surface area contributed by atoms with Gasteiger partial charge in [-0.1, -0.05) is 43.2 Å². The number of anilines is 1. The third kappa shape index (κ3) is 5.49. The van der Waals surface area contributed by atoms with Gasteiger partial charge >= 0.3 is 0 Å². The molecule has 0 saturated carbocycles. The predicted octanol–water partition coefficient (Wildman–Crippen LogP) is 6.80. The number of hydrogen-bond donors (Lipinski definition) is 1. The van der Waals surface area contributed by atoms with Crippen LogP contribution in [-0.2, 0) is 25.9 Å². The van der Waals surface area contributed by atoms with Crippen LogP contribution >= 0.6 is 0 Å². The number of benzene rings is 3. The number of likely N-dealkylation sites (tertiary alicyclic amines) is 1. The second-order valence-corrected chi connectivity index (χ2v) is 11.2. The molecule has 3 aliphatic rings. The zero-order chi connectivity index (χ0) is 25.9. The van der Waals surface area contributed by atoms with E-state index in [1.165, 1.54) is 72.3 Å². The van der Waals surface area contributed by atoms with Crippen LogP contribution in [0, 0.1) is 0 Å². The van der Waals surface area contributed by atoms with E-state index in [4.69, 9.17) is 9.47 Å². The summed E-state index contributed by atoms with van der Waals surface area (Å²) in [5.74, 6) is 2.47. The number of phenolic OH excluding ortho intramolecular Hbond substituents is 1. The minimum absolute atomic E-state index is 0.287. The number of fused-ring (bicyclic) bond motifs is 2. The molecule has 2 heterocycles. The van der Waals surface area contributed by atoms with Crippen molar-refractivity contribution in [1.82, 2.24) is 4.90 Å². The molecule has 1 aliphatic carbocycles. The summed E-state index contributed by atoms with van der Waals surface area (Å²) < 4.78 is 11.6. The minimum atomic E-state index is 0.287. The Morgan fingerprint density at radius 3 is 2.37 bits per heavy atom. The average Bonchev–Trinajstić information content (AvgIpc) is 3.25. The first kappa shape index (κ1) is 25.1. The van der Waals surface area contributed by atoms with E-state index in [0.29, 0.717) is 11.7 Å². The largest absolute Gasteiger partial charge is 0.508 e. The van der Waals surface area contributed by atoms with Gasteiger partial charge in [0, 0.05) is 31.4 Å². The molecule has 1 fully saturated rings. The van der Waals surface area contributed by atoms with Gasteiger partial charge in [0.1, 0.15) is 5.75 Å². The summed E-state index contributed by atoms with van der Waals surface area (Å²) >= 11 is 0. The first-order valence-electron chi connectivity index (χ1n) is 14.5. The molecule has 0 bridgehead atoms. The number of nitrogens with zero attached hydrogens (tertiary/aromatic N) is 2. The Morgan fingerprint density at radius 1 is 0.868 bits per heavy atom. The Hall–Kier alpha value is -3.18. The van der Waals surface area contributed by atoms with Crippen molar-refractivity contribution in [2.45, 2.75) is 70.9 Å². The molecule has 5 nitrogen and oxygen atoms in total.